The Hall–Kier alpha value is -3.56. The third kappa shape index (κ3) is 7.14. The predicted octanol–water partition coefficient (Wildman–Crippen LogP) is 7.55. The maximum Gasteiger partial charge on any atom is 0.152 e. The number of ether oxygens (including phenoxy) is 1. The zero-order valence-corrected chi connectivity index (χ0v) is 25.1. The molecule has 6 nitrogen and oxygen atoms in total. The number of pyridine rings is 1. The smallest absolute Gasteiger partial charge is 0.152 e. The number of anilines is 1. The molecule has 4 rings (SSSR count). The lowest BCUT2D eigenvalue weighted by molar-refractivity contribution is 0.109. The molecule has 0 bridgehead atoms. The van der Waals surface area contributed by atoms with Crippen LogP contribution in [0.25, 0.3) is 21.9 Å². The molecular weight excluding hydrogens is 496 g/mol. The van der Waals surface area contributed by atoms with Gasteiger partial charge in [0.25, 0.3) is 0 Å². The fraction of sp³-hybridized carbons (Fsp3) is 0.471. The number of imidazole rings is 1. The number of unbranched alkanes of at least 4 members (excludes halogenated alkanes) is 1. The van der Waals surface area contributed by atoms with Crippen molar-refractivity contribution >= 4 is 27.8 Å². The molecule has 0 atom stereocenters. The molecule has 40 heavy (non-hydrogen) atoms. The molecule has 0 saturated carbocycles. The first kappa shape index (κ1) is 31.0. The van der Waals surface area contributed by atoms with Gasteiger partial charge in [-0.05, 0) is 66.3 Å². The summed E-state index contributed by atoms with van der Waals surface area (Å²) in [7, 11) is 0. The third-order valence-corrected chi connectivity index (χ3v) is 7.63. The molecule has 4 aromatic rings. The standard InChI is InChI=1S/C32H44N4O2.C2H2/c1-7-8-9-28-35-29-30(36(28)20-23-10-13-27(37)22(4)18-23)25-12-11-24(19-26(25)34-31(29)33)32(5,6)15-17-38-16-14-21(2)3;1-2/h10-13,18-19,21,37H,7-9,14-17,20H2,1-6H3,(H2,33,34);1-2H. The Morgan fingerprint density at radius 2 is 1.82 bits per heavy atom. The van der Waals surface area contributed by atoms with E-state index in [0.29, 0.717) is 24.0 Å². The van der Waals surface area contributed by atoms with Crippen LogP contribution in [0.4, 0.5) is 5.82 Å². The van der Waals surface area contributed by atoms with Crippen molar-refractivity contribution < 1.29 is 9.84 Å². The van der Waals surface area contributed by atoms with Gasteiger partial charge in [-0.25, -0.2) is 9.97 Å². The summed E-state index contributed by atoms with van der Waals surface area (Å²) in [5.74, 6) is 2.47. The largest absolute Gasteiger partial charge is 0.508 e. The minimum absolute atomic E-state index is 0.0481. The van der Waals surface area contributed by atoms with Gasteiger partial charge in [-0.2, -0.15) is 0 Å². The molecule has 0 aliphatic heterocycles. The number of nitrogen functional groups attached to an aromatic ring is 1. The molecule has 0 unspecified atom stereocenters. The number of phenolic OH excluding ortho intramolecular Hbond substituents is 1. The Kier molecular flexibility index (Phi) is 10.6. The highest BCUT2D eigenvalue weighted by Gasteiger charge is 2.23. The van der Waals surface area contributed by atoms with E-state index in [-0.39, 0.29) is 5.41 Å². The lowest BCUT2D eigenvalue weighted by Gasteiger charge is -2.26. The van der Waals surface area contributed by atoms with Gasteiger partial charge in [-0.1, -0.05) is 65.3 Å². The van der Waals surface area contributed by atoms with Crippen LogP contribution in [-0.2, 0) is 23.1 Å². The summed E-state index contributed by atoms with van der Waals surface area (Å²) in [5, 5.41) is 11.1. The number of aromatic hydroxyl groups is 1. The maximum absolute atomic E-state index is 10.0. The van der Waals surface area contributed by atoms with Crippen molar-refractivity contribution in [2.75, 3.05) is 18.9 Å². The van der Waals surface area contributed by atoms with E-state index in [9.17, 15) is 5.11 Å². The molecule has 0 fully saturated rings. The first-order chi connectivity index (χ1) is 19.1. The van der Waals surface area contributed by atoms with E-state index >= 15 is 0 Å². The summed E-state index contributed by atoms with van der Waals surface area (Å²) < 4.78 is 8.22. The second kappa shape index (κ2) is 13.7. The molecule has 0 saturated heterocycles. The predicted molar refractivity (Wildman–Crippen MR) is 168 cm³/mol. The first-order valence-corrected chi connectivity index (χ1v) is 14.4. The maximum atomic E-state index is 10.0. The van der Waals surface area contributed by atoms with Gasteiger partial charge in [0.15, 0.2) is 5.82 Å². The molecule has 0 spiro atoms. The number of hydrogen-bond donors (Lipinski definition) is 2. The molecule has 0 amide bonds. The van der Waals surface area contributed by atoms with Crippen molar-refractivity contribution in [1.29, 1.82) is 0 Å². The van der Waals surface area contributed by atoms with Crippen LogP contribution in [0.1, 0.15) is 82.8 Å². The van der Waals surface area contributed by atoms with Gasteiger partial charge in [-0.15, -0.1) is 12.8 Å². The Morgan fingerprint density at radius 3 is 2.50 bits per heavy atom. The van der Waals surface area contributed by atoms with Crippen LogP contribution >= 0.6 is 0 Å². The van der Waals surface area contributed by atoms with E-state index < -0.39 is 0 Å². The van der Waals surface area contributed by atoms with Crippen molar-refractivity contribution in [2.45, 2.75) is 85.6 Å². The number of hydrogen-bond acceptors (Lipinski definition) is 5. The first-order valence-electron chi connectivity index (χ1n) is 14.4. The normalized spacial score (nSPS) is 11.7. The average Bonchev–Trinajstić information content (AvgIpc) is 3.28. The van der Waals surface area contributed by atoms with Gasteiger partial charge in [0, 0.05) is 31.6 Å². The number of terminal acetylenes is 1. The summed E-state index contributed by atoms with van der Waals surface area (Å²) in [6.45, 7) is 15.3. The second-order valence-electron chi connectivity index (χ2n) is 11.7. The van der Waals surface area contributed by atoms with Gasteiger partial charge in [-0.3, -0.25) is 0 Å². The Balaban J connectivity index is 0.00000216. The van der Waals surface area contributed by atoms with Gasteiger partial charge < -0.3 is 20.1 Å². The quantitative estimate of drug-likeness (QED) is 0.143. The Morgan fingerprint density at radius 1 is 1.07 bits per heavy atom. The Bertz CT molecular complexity index is 1450. The number of benzene rings is 2. The minimum Gasteiger partial charge on any atom is -0.508 e. The number of nitrogens with two attached hydrogens (primary N) is 1. The molecule has 2 aromatic heterocycles. The topological polar surface area (TPSA) is 86.2 Å². The number of aromatic nitrogens is 3. The summed E-state index contributed by atoms with van der Waals surface area (Å²) in [6.07, 6.45) is 13.1. The van der Waals surface area contributed by atoms with E-state index in [2.05, 4.69) is 70.2 Å². The number of aryl methyl sites for hydroxylation is 2. The van der Waals surface area contributed by atoms with Crippen LogP contribution in [0.15, 0.2) is 36.4 Å². The van der Waals surface area contributed by atoms with Crippen LogP contribution < -0.4 is 5.73 Å². The summed E-state index contributed by atoms with van der Waals surface area (Å²) in [6, 6.07) is 12.4. The summed E-state index contributed by atoms with van der Waals surface area (Å²) in [5.41, 5.74) is 12.4. The number of rotatable bonds is 12. The SMILES string of the molecule is C#C.CCCCc1nc2c(N)nc3cc(C(C)(C)CCOCCC(C)C)ccc3c2n1Cc1ccc(O)c(C)c1. The molecule has 0 radical (unpaired) electrons. The summed E-state index contributed by atoms with van der Waals surface area (Å²) in [4.78, 5) is 9.80. The lowest BCUT2D eigenvalue weighted by atomic mass is 9.81. The summed E-state index contributed by atoms with van der Waals surface area (Å²) >= 11 is 0. The molecule has 3 N–H and O–H groups in total. The molecule has 0 aliphatic carbocycles. The van der Waals surface area contributed by atoms with E-state index in [1.165, 1.54) is 5.56 Å². The highest BCUT2D eigenvalue weighted by atomic mass is 16.5. The Labute approximate surface area is 240 Å². The van der Waals surface area contributed by atoms with Gasteiger partial charge in [0.1, 0.15) is 17.1 Å². The van der Waals surface area contributed by atoms with Crippen LogP contribution in [0.3, 0.4) is 0 Å². The zero-order chi connectivity index (χ0) is 29.4. The second-order valence-corrected chi connectivity index (χ2v) is 11.7. The van der Waals surface area contributed by atoms with Gasteiger partial charge in [0.2, 0.25) is 0 Å². The highest BCUT2D eigenvalue weighted by molar-refractivity contribution is 6.06. The van der Waals surface area contributed by atoms with E-state index in [1.807, 2.05) is 19.1 Å². The number of nitrogens with zero attached hydrogens (tertiary/aromatic N) is 3. The van der Waals surface area contributed by atoms with Crippen molar-refractivity contribution in [3.05, 3.63) is 58.9 Å². The zero-order valence-electron chi connectivity index (χ0n) is 25.1. The molecular formula is C34H46N4O2. The van der Waals surface area contributed by atoms with Gasteiger partial charge >= 0.3 is 0 Å². The van der Waals surface area contributed by atoms with Crippen LogP contribution in [0.5, 0.6) is 5.75 Å². The van der Waals surface area contributed by atoms with Crippen LogP contribution in [-0.4, -0.2) is 32.9 Å². The van der Waals surface area contributed by atoms with E-state index in [4.69, 9.17) is 20.4 Å². The monoisotopic (exact) mass is 542 g/mol. The van der Waals surface area contributed by atoms with Crippen molar-refractivity contribution in [3.63, 3.8) is 0 Å². The highest BCUT2D eigenvalue weighted by Crippen LogP contribution is 2.34. The number of fused-ring (bicyclic) bond motifs is 3. The number of phenols is 1. The van der Waals surface area contributed by atoms with Crippen LogP contribution in [0, 0.1) is 25.7 Å². The fourth-order valence-electron chi connectivity index (χ4n) is 4.97. The van der Waals surface area contributed by atoms with E-state index in [0.717, 1.165) is 84.2 Å². The van der Waals surface area contributed by atoms with E-state index in [1.54, 1.807) is 6.07 Å². The lowest BCUT2D eigenvalue weighted by Crippen LogP contribution is -2.20. The molecule has 2 aromatic carbocycles. The molecule has 6 heteroatoms. The van der Waals surface area contributed by atoms with Crippen LogP contribution in [0.2, 0.25) is 0 Å². The van der Waals surface area contributed by atoms with Gasteiger partial charge in [0.05, 0.1) is 11.0 Å². The molecule has 2 heterocycles. The van der Waals surface area contributed by atoms with Crippen molar-refractivity contribution in [3.8, 4) is 18.6 Å². The van der Waals surface area contributed by atoms with Crippen molar-refractivity contribution in [2.24, 2.45) is 5.92 Å². The minimum atomic E-state index is -0.0481. The third-order valence-electron chi connectivity index (χ3n) is 7.63. The molecule has 214 valence electrons. The average molecular weight is 543 g/mol. The van der Waals surface area contributed by atoms with Crippen molar-refractivity contribution in [1.82, 2.24) is 14.5 Å². The molecule has 0 aliphatic rings. The fourth-order valence-corrected chi connectivity index (χ4v) is 4.97.